The van der Waals surface area contributed by atoms with E-state index in [9.17, 15) is 38.2 Å². The quantitative estimate of drug-likeness (QED) is 0.178. The molecule has 0 radical (unpaired) electrons. The zero-order valence-electron chi connectivity index (χ0n) is 19.7. The lowest BCUT2D eigenvalue weighted by Crippen LogP contribution is -2.52. The first kappa shape index (κ1) is 30.1. The fraction of sp³-hybridized carbons (Fsp3) is 0.444. The summed E-state index contributed by atoms with van der Waals surface area (Å²) in [7, 11) is -17.1. The van der Waals surface area contributed by atoms with E-state index in [0.717, 1.165) is 10.8 Å². The van der Waals surface area contributed by atoms with Crippen molar-refractivity contribution in [3.63, 3.8) is 0 Å². The van der Waals surface area contributed by atoms with Gasteiger partial charge in [0.2, 0.25) is 0 Å². The standard InChI is InChI=1S/C18H23N2O16P3/c1-10-7-20(17(23)19-14(10)22)15-12-13(21)18(34-15,16(33-12)31-8-11-5-3-2-4-6-11)9-32-38(27,28)36-39(29,30)35-37(24,25)26/h2-7,12-13,15-16,21H,8-9H2,1H3,(H,27,28)(H,29,30)(H,19,22,23)(H2,24,25,26)/t12-,13+,15-,16?,18-/m1/s1. The van der Waals surface area contributed by atoms with Gasteiger partial charge in [0.1, 0.15) is 12.2 Å². The molecule has 2 aliphatic rings. The zero-order valence-corrected chi connectivity index (χ0v) is 22.4. The van der Waals surface area contributed by atoms with Gasteiger partial charge in [-0.05, 0) is 12.5 Å². The Kier molecular flexibility index (Phi) is 8.38. The van der Waals surface area contributed by atoms with Gasteiger partial charge >= 0.3 is 29.2 Å². The molecule has 2 bridgehead atoms. The van der Waals surface area contributed by atoms with Crippen LogP contribution >= 0.6 is 23.5 Å². The van der Waals surface area contributed by atoms with Crippen LogP contribution in [0.15, 0.2) is 46.1 Å². The normalized spacial score (nSPS) is 29.7. The molecule has 7 atom stereocenters. The molecule has 216 valence electrons. The predicted molar refractivity (Wildman–Crippen MR) is 125 cm³/mol. The summed E-state index contributed by atoms with van der Waals surface area (Å²) >= 11 is 0. The van der Waals surface area contributed by atoms with E-state index in [1.54, 1.807) is 30.3 Å². The molecule has 21 heteroatoms. The largest absolute Gasteiger partial charge is 0.490 e. The number of aromatic amines is 1. The molecule has 2 saturated heterocycles. The topological polar surface area (TPSA) is 263 Å². The van der Waals surface area contributed by atoms with Gasteiger partial charge in [-0.15, -0.1) is 0 Å². The maximum Gasteiger partial charge on any atom is 0.490 e. The highest BCUT2D eigenvalue weighted by Crippen LogP contribution is 2.66. The summed E-state index contributed by atoms with van der Waals surface area (Å²) in [4.78, 5) is 63.0. The summed E-state index contributed by atoms with van der Waals surface area (Å²) in [5, 5.41) is 11.0. The lowest BCUT2D eigenvalue weighted by atomic mass is 9.99. The predicted octanol–water partition coefficient (Wildman–Crippen LogP) is -0.241. The Morgan fingerprint density at radius 1 is 1.05 bits per heavy atom. The van der Waals surface area contributed by atoms with Gasteiger partial charge in [-0.2, -0.15) is 8.62 Å². The average Bonchev–Trinajstić information content (AvgIpc) is 3.23. The van der Waals surface area contributed by atoms with Crippen LogP contribution in [0, 0.1) is 6.92 Å². The van der Waals surface area contributed by atoms with E-state index in [-0.39, 0.29) is 12.2 Å². The van der Waals surface area contributed by atoms with E-state index in [2.05, 4.69) is 13.6 Å². The number of fused-ring (bicyclic) bond motifs is 2. The molecule has 0 saturated carbocycles. The number of phosphoric acid groups is 3. The van der Waals surface area contributed by atoms with Crippen LogP contribution in [0.3, 0.4) is 0 Å². The van der Waals surface area contributed by atoms with Crippen molar-refractivity contribution >= 4 is 23.5 Å². The minimum atomic E-state index is -5.82. The van der Waals surface area contributed by atoms with Crippen molar-refractivity contribution in [1.29, 1.82) is 0 Å². The molecule has 0 aliphatic carbocycles. The number of hydrogen-bond acceptors (Lipinski definition) is 12. The van der Waals surface area contributed by atoms with Crippen LogP contribution in [0.4, 0.5) is 0 Å². The maximum atomic E-state index is 12.4. The molecule has 3 heterocycles. The second-order valence-corrected chi connectivity index (χ2v) is 12.9. The van der Waals surface area contributed by atoms with Crippen LogP contribution in [0.25, 0.3) is 0 Å². The number of rotatable bonds is 11. The monoisotopic (exact) mass is 616 g/mol. The van der Waals surface area contributed by atoms with E-state index in [1.165, 1.54) is 6.92 Å². The van der Waals surface area contributed by atoms with Crippen molar-refractivity contribution in [1.82, 2.24) is 9.55 Å². The van der Waals surface area contributed by atoms with Gasteiger partial charge in [-0.3, -0.25) is 18.9 Å². The molecule has 39 heavy (non-hydrogen) atoms. The number of aliphatic hydroxyl groups is 1. The Bertz CT molecular complexity index is 1470. The Morgan fingerprint density at radius 2 is 1.72 bits per heavy atom. The van der Waals surface area contributed by atoms with Gasteiger partial charge in [0, 0.05) is 11.8 Å². The summed E-state index contributed by atoms with van der Waals surface area (Å²) in [5.74, 6) is 0. The first-order valence-electron chi connectivity index (χ1n) is 10.8. The third kappa shape index (κ3) is 6.73. The van der Waals surface area contributed by atoms with Crippen LogP contribution in [-0.2, 0) is 47.7 Å². The minimum absolute atomic E-state index is 0.103. The van der Waals surface area contributed by atoms with Crippen LogP contribution in [0.5, 0.6) is 0 Å². The molecule has 6 N–H and O–H groups in total. The van der Waals surface area contributed by atoms with Crippen molar-refractivity contribution in [2.24, 2.45) is 0 Å². The summed E-state index contributed by atoms with van der Waals surface area (Å²) < 4.78 is 65.3. The van der Waals surface area contributed by atoms with Gasteiger partial charge in [0.05, 0.1) is 13.2 Å². The van der Waals surface area contributed by atoms with E-state index in [4.69, 9.17) is 28.5 Å². The average molecular weight is 616 g/mol. The van der Waals surface area contributed by atoms with Gasteiger partial charge in [-0.25, -0.2) is 18.5 Å². The first-order valence-corrected chi connectivity index (χ1v) is 15.3. The molecular formula is C18H23N2O16P3. The highest BCUT2D eigenvalue weighted by molar-refractivity contribution is 7.66. The van der Waals surface area contributed by atoms with Crippen LogP contribution in [0.1, 0.15) is 17.4 Å². The smallest absolute Gasteiger partial charge is 0.387 e. The molecule has 1 aromatic carbocycles. The highest BCUT2D eigenvalue weighted by atomic mass is 31.3. The van der Waals surface area contributed by atoms with E-state index in [1.807, 2.05) is 0 Å². The molecular weight excluding hydrogens is 593 g/mol. The third-order valence-corrected chi connectivity index (χ3v) is 9.43. The molecule has 2 fully saturated rings. The van der Waals surface area contributed by atoms with E-state index < -0.39 is 71.7 Å². The van der Waals surface area contributed by atoms with Crippen molar-refractivity contribution in [2.45, 2.75) is 43.9 Å². The highest BCUT2D eigenvalue weighted by Gasteiger charge is 2.69. The molecule has 18 nitrogen and oxygen atoms in total. The lowest BCUT2D eigenvalue weighted by molar-refractivity contribution is -0.301. The molecule has 3 unspecified atom stereocenters. The first-order chi connectivity index (χ1) is 18.0. The fourth-order valence-corrected chi connectivity index (χ4v) is 7.04. The Hall–Kier alpha value is -1.85. The summed E-state index contributed by atoms with van der Waals surface area (Å²) in [5.41, 5.74) is -2.99. The number of hydrogen-bond donors (Lipinski definition) is 6. The van der Waals surface area contributed by atoms with Crippen molar-refractivity contribution < 1.29 is 65.7 Å². The number of nitrogens with zero attached hydrogens (tertiary/aromatic N) is 1. The van der Waals surface area contributed by atoms with Crippen molar-refractivity contribution in [2.75, 3.05) is 6.61 Å². The summed E-state index contributed by atoms with van der Waals surface area (Å²) in [6, 6.07) is 8.60. The molecule has 2 aromatic rings. The number of phosphoric ester groups is 1. The second-order valence-electron chi connectivity index (χ2n) is 8.48. The minimum Gasteiger partial charge on any atom is -0.387 e. The number of H-pyrrole nitrogens is 1. The van der Waals surface area contributed by atoms with Gasteiger partial charge in [-0.1, -0.05) is 30.3 Å². The van der Waals surface area contributed by atoms with Crippen molar-refractivity contribution in [3.05, 3.63) is 68.5 Å². The van der Waals surface area contributed by atoms with E-state index >= 15 is 0 Å². The second kappa shape index (κ2) is 10.9. The number of ether oxygens (including phenoxy) is 3. The lowest BCUT2D eigenvalue weighted by Gasteiger charge is -2.37. The fourth-order valence-electron chi connectivity index (χ4n) is 3.98. The molecule has 4 rings (SSSR count). The number of aliphatic hydroxyl groups excluding tert-OH is 1. The maximum absolute atomic E-state index is 12.4. The Labute approximate surface area is 218 Å². The Balaban J connectivity index is 1.60. The van der Waals surface area contributed by atoms with Gasteiger partial charge in [0.25, 0.3) is 5.56 Å². The number of benzene rings is 1. The summed E-state index contributed by atoms with van der Waals surface area (Å²) in [6.07, 6.45) is -4.80. The molecule has 2 aliphatic heterocycles. The van der Waals surface area contributed by atoms with Crippen LogP contribution in [0.2, 0.25) is 0 Å². The van der Waals surface area contributed by atoms with Crippen LogP contribution in [-0.4, -0.2) is 64.9 Å². The number of aryl methyl sites for hydroxylation is 1. The molecule has 0 spiro atoms. The zero-order chi connectivity index (χ0) is 28.8. The van der Waals surface area contributed by atoms with Crippen LogP contribution < -0.4 is 11.2 Å². The molecule has 1 aromatic heterocycles. The number of aromatic nitrogens is 2. The van der Waals surface area contributed by atoms with E-state index in [0.29, 0.717) is 5.56 Å². The summed E-state index contributed by atoms with van der Waals surface area (Å²) in [6.45, 7) is 0.172. The SMILES string of the molecule is Cc1cn([C@@H]2O[C@@]3(COP(=O)(O)OP(=O)(O)OP(=O)(O)O)C(OCc4ccccc4)O[C@@H]2[C@@H]3O)c(=O)[nH]c1=O. The van der Waals surface area contributed by atoms with Gasteiger partial charge in [0.15, 0.2) is 18.1 Å². The Morgan fingerprint density at radius 3 is 2.36 bits per heavy atom. The third-order valence-electron chi connectivity index (χ3n) is 5.65. The van der Waals surface area contributed by atoms with Crippen molar-refractivity contribution in [3.8, 4) is 0 Å². The molecule has 0 amide bonds. The number of nitrogens with one attached hydrogen (secondary N) is 1. The van der Waals surface area contributed by atoms with Gasteiger partial charge < -0.3 is 38.9 Å².